The van der Waals surface area contributed by atoms with Crippen molar-refractivity contribution in [3.8, 4) is 0 Å². The highest BCUT2D eigenvalue weighted by Gasteiger charge is 2.11. The lowest BCUT2D eigenvalue weighted by Crippen LogP contribution is -2.35. The van der Waals surface area contributed by atoms with Crippen LogP contribution in [-0.4, -0.2) is 36.2 Å². The van der Waals surface area contributed by atoms with Crippen molar-refractivity contribution in [2.24, 2.45) is 0 Å². The van der Waals surface area contributed by atoms with Gasteiger partial charge in [-0.25, -0.2) is 0 Å². The Kier molecular flexibility index (Phi) is 2.74. The van der Waals surface area contributed by atoms with E-state index in [0.29, 0.717) is 0 Å². The summed E-state index contributed by atoms with van der Waals surface area (Å²) in [7, 11) is 0. The van der Waals surface area contributed by atoms with E-state index in [9.17, 15) is 0 Å². The van der Waals surface area contributed by atoms with Gasteiger partial charge in [-0.3, -0.25) is 4.90 Å². The van der Waals surface area contributed by atoms with Crippen molar-refractivity contribution in [2.75, 3.05) is 32.0 Å². The number of nitrogen functional groups attached to an aromatic ring is 1. The average molecular weight is 231 g/mol. The van der Waals surface area contributed by atoms with E-state index in [4.69, 9.17) is 10.5 Å². The fraction of sp³-hybridized carbons (Fsp3) is 0.385. The molecular formula is C13H17N3O. The SMILES string of the molecule is Nc1ccc2cc(CN3CCOCC3)[nH]c2c1. The third-order valence-electron chi connectivity index (χ3n) is 3.20. The molecule has 1 aliphatic rings. The van der Waals surface area contributed by atoms with E-state index in [0.717, 1.165) is 44.1 Å². The smallest absolute Gasteiger partial charge is 0.0594 e. The summed E-state index contributed by atoms with van der Waals surface area (Å²) in [5.41, 5.74) is 8.94. The molecule has 1 aliphatic heterocycles. The molecule has 2 aromatic rings. The Labute approximate surface area is 100 Å². The number of rotatable bonds is 2. The molecule has 3 rings (SSSR count). The summed E-state index contributed by atoms with van der Waals surface area (Å²) in [5.74, 6) is 0. The Morgan fingerprint density at radius 2 is 2.06 bits per heavy atom. The van der Waals surface area contributed by atoms with E-state index >= 15 is 0 Å². The molecule has 2 heterocycles. The van der Waals surface area contributed by atoms with Crippen LogP contribution < -0.4 is 5.73 Å². The minimum atomic E-state index is 0.803. The summed E-state index contributed by atoms with van der Waals surface area (Å²) in [5, 5.41) is 1.22. The maximum Gasteiger partial charge on any atom is 0.0594 e. The van der Waals surface area contributed by atoms with E-state index < -0.39 is 0 Å². The number of nitrogens with zero attached hydrogens (tertiary/aromatic N) is 1. The van der Waals surface area contributed by atoms with Crippen LogP contribution in [0.5, 0.6) is 0 Å². The summed E-state index contributed by atoms with van der Waals surface area (Å²) in [6.45, 7) is 4.66. The van der Waals surface area contributed by atoms with Gasteiger partial charge in [-0.15, -0.1) is 0 Å². The lowest BCUT2D eigenvalue weighted by atomic mass is 10.2. The fourth-order valence-electron chi connectivity index (χ4n) is 2.29. The van der Waals surface area contributed by atoms with Crippen molar-refractivity contribution >= 4 is 16.6 Å². The molecule has 0 spiro atoms. The van der Waals surface area contributed by atoms with Gasteiger partial charge in [-0.1, -0.05) is 6.07 Å². The number of morpholine rings is 1. The monoisotopic (exact) mass is 231 g/mol. The zero-order chi connectivity index (χ0) is 11.7. The van der Waals surface area contributed by atoms with Crippen LogP contribution in [0.2, 0.25) is 0 Å². The second-order valence-corrected chi connectivity index (χ2v) is 4.53. The number of aromatic nitrogens is 1. The lowest BCUT2D eigenvalue weighted by molar-refractivity contribution is 0.0337. The van der Waals surface area contributed by atoms with Crippen molar-refractivity contribution in [1.82, 2.24) is 9.88 Å². The number of hydrogen-bond acceptors (Lipinski definition) is 3. The molecule has 0 amide bonds. The van der Waals surface area contributed by atoms with Crippen molar-refractivity contribution in [1.29, 1.82) is 0 Å². The molecule has 17 heavy (non-hydrogen) atoms. The molecule has 1 aromatic carbocycles. The minimum Gasteiger partial charge on any atom is -0.399 e. The van der Waals surface area contributed by atoms with Gasteiger partial charge in [0.05, 0.1) is 13.2 Å². The van der Waals surface area contributed by atoms with Crippen molar-refractivity contribution in [3.63, 3.8) is 0 Å². The second kappa shape index (κ2) is 4.39. The number of fused-ring (bicyclic) bond motifs is 1. The van der Waals surface area contributed by atoms with Gasteiger partial charge >= 0.3 is 0 Å². The predicted molar refractivity (Wildman–Crippen MR) is 68.8 cm³/mol. The summed E-state index contributed by atoms with van der Waals surface area (Å²) < 4.78 is 5.34. The molecule has 0 atom stereocenters. The molecule has 4 nitrogen and oxygen atoms in total. The van der Waals surface area contributed by atoms with Crippen LogP contribution in [0.15, 0.2) is 24.3 Å². The van der Waals surface area contributed by atoms with Crippen LogP contribution in [0.1, 0.15) is 5.69 Å². The molecular weight excluding hydrogens is 214 g/mol. The summed E-state index contributed by atoms with van der Waals surface area (Å²) in [6.07, 6.45) is 0. The fourth-order valence-corrected chi connectivity index (χ4v) is 2.29. The minimum absolute atomic E-state index is 0.803. The van der Waals surface area contributed by atoms with Crippen LogP contribution in [0.3, 0.4) is 0 Å². The second-order valence-electron chi connectivity index (χ2n) is 4.53. The van der Waals surface area contributed by atoms with Crippen molar-refractivity contribution in [2.45, 2.75) is 6.54 Å². The number of nitrogens with one attached hydrogen (secondary N) is 1. The van der Waals surface area contributed by atoms with Crippen LogP contribution in [0.25, 0.3) is 10.9 Å². The number of nitrogens with two attached hydrogens (primary N) is 1. The predicted octanol–water partition coefficient (Wildman–Crippen LogP) is 1.58. The standard InChI is InChI=1S/C13H17N3O/c14-11-2-1-10-7-12(15-13(10)8-11)9-16-3-5-17-6-4-16/h1-2,7-8,15H,3-6,9,14H2. The van der Waals surface area contributed by atoms with Gasteiger partial charge in [-0.05, 0) is 23.6 Å². The quantitative estimate of drug-likeness (QED) is 0.772. The van der Waals surface area contributed by atoms with Gasteiger partial charge < -0.3 is 15.5 Å². The molecule has 90 valence electrons. The molecule has 4 heteroatoms. The number of aromatic amines is 1. The third-order valence-corrected chi connectivity index (χ3v) is 3.20. The Morgan fingerprint density at radius 3 is 2.88 bits per heavy atom. The van der Waals surface area contributed by atoms with Crippen LogP contribution in [0.4, 0.5) is 5.69 Å². The van der Waals surface area contributed by atoms with Gasteiger partial charge in [0, 0.05) is 36.5 Å². The normalized spacial score (nSPS) is 17.6. The van der Waals surface area contributed by atoms with E-state index in [1.807, 2.05) is 12.1 Å². The molecule has 0 aliphatic carbocycles. The summed E-state index contributed by atoms with van der Waals surface area (Å²) in [6, 6.07) is 8.18. The zero-order valence-corrected chi connectivity index (χ0v) is 9.78. The zero-order valence-electron chi connectivity index (χ0n) is 9.78. The van der Waals surface area contributed by atoms with Gasteiger partial charge in [0.2, 0.25) is 0 Å². The van der Waals surface area contributed by atoms with Crippen molar-refractivity contribution < 1.29 is 4.74 Å². The first kappa shape index (κ1) is 10.6. The first-order valence-corrected chi connectivity index (χ1v) is 5.98. The number of ether oxygens (including phenoxy) is 1. The number of H-pyrrole nitrogens is 1. The molecule has 0 radical (unpaired) electrons. The maximum absolute atomic E-state index is 5.77. The van der Waals surface area contributed by atoms with Gasteiger partial charge in [0.25, 0.3) is 0 Å². The van der Waals surface area contributed by atoms with Crippen molar-refractivity contribution in [3.05, 3.63) is 30.0 Å². The largest absolute Gasteiger partial charge is 0.399 e. The molecule has 3 N–H and O–H groups in total. The van der Waals surface area contributed by atoms with Gasteiger partial charge in [-0.2, -0.15) is 0 Å². The van der Waals surface area contributed by atoms with Crippen LogP contribution in [0, 0.1) is 0 Å². The van der Waals surface area contributed by atoms with Crippen LogP contribution >= 0.6 is 0 Å². The number of hydrogen-bond donors (Lipinski definition) is 2. The Morgan fingerprint density at radius 1 is 1.24 bits per heavy atom. The van der Waals surface area contributed by atoms with Gasteiger partial charge in [0.1, 0.15) is 0 Å². The number of anilines is 1. The Bertz CT molecular complexity index is 514. The molecule has 0 bridgehead atoms. The summed E-state index contributed by atoms with van der Waals surface area (Å²) >= 11 is 0. The highest BCUT2D eigenvalue weighted by Crippen LogP contribution is 2.19. The summed E-state index contributed by atoms with van der Waals surface area (Å²) in [4.78, 5) is 5.82. The average Bonchev–Trinajstić information content (AvgIpc) is 2.71. The van der Waals surface area contributed by atoms with E-state index in [-0.39, 0.29) is 0 Å². The molecule has 1 saturated heterocycles. The molecule has 0 unspecified atom stereocenters. The molecule has 1 fully saturated rings. The third kappa shape index (κ3) is 2.28. The van der Waals surface area contributed by atoms with E-state index in [1.54, 1.807) is 0 Å². The maximum atomic E-state index is 5.77. The Balaban J connectivity index is 1.80. The lowest BCUT2D eigenvalue weighted by Gasteiger charge is -2.25. The van der Waals surface area contributed by atoms with Crippen LogP contribution in [-0.2, 0) is 11.3 Å². The first-order chi connectivity index (χ1) is 8.31. The Hall–Kier alpha value is -1.52. The highest BCUT2D eigenvalue weighted by atomic mass is 16.5. The van der Waals surface area contributed by atoms with E-state index in [2.05, 4.69) is 22.0 Å². The first-order valence-electron chi connectivity index (χ1n) is 5.98. The van der Waals surface area contributed by atoms with E-state index in [1.165, 1.54) is 11.1 Å². The topological polar surface area (TPSA) is 54.3 Å². The molecule has 1 aromatic heterocycles. The highest BCUT2D eigenvalue weighted by molar-refractivity contribution is 5.83. The number of benzene rings is 1. The molecule has 0 saturated carbocycles. The van der Waals surface area contributed by atoms with Gasteiger partial charge in [0.15, 0.2) is 0 Å².